The van der Waals surface area contributed by atoms with Gasteiger partial charge >= 0.3 is 12.0 Å². The van der Waals surface area contributed by atoms with E-state index in [4.69, 9.17) is 9.52 Å². The molecule has 116 valence electrons. The fourth-order valence-electron chi connectivity index (χ4n) is 2.99. The van der Waals surface area contributed by atoms with E-state index in [1.807, 2.05) is 18.2 Å². The first-order valence-corrected chi connectivity index (χ1v) is 7.62. The topological polar surface area (TPSA) is 66.6 Å². The van der Waals surface area contributed by atoms with Gasteiger partial charge in [0.2, 0.25) is 0 Å². The Hall–Kier alpha value is -2.82. The fourth-order valence-corrected chi connectivity index (χ4v) is 2.99. The number of carbonyl (C=O) groups is 1. The Morgan fingerprint density at radius 3 is 2.96 bits per heavy atom. The van der Waals surface area contributed by atoms with Gasteiger partial charge in [0.1, 0.15) is 5.52 Å². The van der Waals surface area contributed by atoms with Crippen molar-refractivity contribution in [1.82, 2.24) is 4.98 Å². The number of benzene rings is 2. The van der Waals surface area contributed by atoms with Crippen LogP contribution in [0.2, 0.25) is 0 Å². The first-order chi connectivity index (χ1) is 11.1. The van der Waals surface area contributed by atoms with Crippen molar-refractivity contribution >= 4 is 28.8 Å². The molecule has 0 radical (unpaired) electrons. The fraction of sp³-hybridized carbons (Fsp3) is 0.222. The number of hydrogen-bond donors (Lipinski definition) is 1. The van der Waals surface area contributed by atoms with Gasteiger partial charge in [-0.05, 0) is 42.7 Å². The van der Waals surface area contributed by atoms with Gasteiger partial charge in [-0.3, -0.25) is 9.69 Å². The van der Waals surface area contributed by atoms with E-state index in [0.717, 1.165) is 29.7 Å². The Balaban J connectivity index is 1.74. The number of carboxylic acids is 1. The quantitative estimate of drug-likeness (QED) is 0.799. The van der Waals surface area contributed by atoms with Gasteiger partial charge in [0.05, 0.1) is 5.92 Å². The number of oxazole rings is 1. The van der Waals surface area contributed by atoms with Gasteiger partial charge in [-0.25, -0.2) is 0 Å². The van der Waals surface area contributed by atoms with Crippen LogP contribution in [0.1, 0.15) is 24.0 Å². The lowest BCUT2D eigenvalue weighted by Crippen LogP contribution is -2.13. The van der Waals surface area contributed by atoms with Crippen LogP contribution < -0.4 is 4.90 Å². The normalized spacial score (nSPS) is 14.9. The van der Waals surface area contributed by atoms with E-state index in [1.54, 1.807) is 19.1 Å². The Morgan fingerprint density at radius 1 is 1.30 bits per heavy atom. The SMILES string of the molecule is CC(C(=O)O)c1ccc2nc(N3CCc4ccccc43)oc2c1. The van der Waals surface area contributed by atoms with Crippen molar-refractivity contribution in [2.75, 3.05) is 11.4 Å². The minimum absolute atomic E-state index is 0.560. The largest absolute Gasteiger partial charge is 0.481 e. The van der Waals surface area contributed by atoms with E-state index in [-0.39, 0.29) is 0 Å². The maximum Gasteiger partial charge on any atom is 0.310 e. The number of anilines is 2. The van der Waals surface area contributed by atoms with Crippen molar-refractivity contribution in [2.45, 2.75) is 19.3 Å². The number of aromatic nitrogens is 1. The Bertz CT molecular complexity index is 900. The van der Waals surface area contributed by atoms with Crippen LogP contribution in [-0.4, -0.2) is 22.6 Å². The van der Waals surface area contributed by atoms with Crippen molar-refractivity contribution in [3.63, 3.8) is 0 Å². The second-order valence-electron chi connectivity index (χ2n) is 5.81. The molecule has 0 saturated heterocycles. The lowest BCUT2D eigenvalue weighted by atomic mass is 10.0. The lowest BCUT2D eigenvalue weighted by molar-refractivity contribution is -0.138. The van der Waals surface area contributed by atoms with Gasteiger partial charge in [0, 0.05) is 12.2 Å². The predicted octanol–water partition coefficient (Wildman–Crippen LogP) is 3.71. The van der Waals surface area contributed by atoms with Crippen LogP contribution in [-0.2, 0) is 11.2 Å². The number of nitrogens with zero attached hydrogens (tertiary/aromatic N) is 2. The highest BCUT2D eigenvalue weighted by Crippen LogP contribution is 2.35. The maximum atomic E-state index is 11.1. The highest BCUT2D eigenvalue weighted by molar-refractivity contribution is 5.81. The molecule has 0 amide bonds. The zero-order valence-electron chi connectivity index (χ0n) is 12.7. The van der Waals surface area contributed by atoms with E-state index >= 15 is 0 Å². The lowest BCUT2D eigenvalue weighted by Gasteiger charge is -2.13. The summed E-state index contributed by atoms with van der Waals surface area (Å²) in [6, 6.07) is 14.2. The molecule has 1 aliphatic rings. The van der Waals surface area contributed by atoms with Crippen LogP contribution in [0.15, 0.2) is 46.9 Å². The summed E-state index contributed by atoms with van der Waals surface area (Å²) in [6.45, 7) is 2.50. The van der Waals surface area contributed by atoms with Crippen molar-refractivity contribution in [2.24, 2.45) is 0 Å². The van der Waals surface area contributed by atoms with E-state index in [9.17, 15) is 4.79 Å². The molecule has 1 N–H and O–H groups in total. The minimum atomic E-state index is -0.849. The molecule has 2 heterocycles. The molecule has 1 unspecified atom stereocenters. The van der Waals surface area contributed by atoms with Gasteiger partial charge in [0.25, 0.3) is 0 Å². The van der Waals surface area contributed by atoms with Crippen LogP contribution in [0, 0.1) is 0 Å². The summed E-state index contributed by atoms with van der Waals surface area (Å²) in [4.78, 5) is 17.7. The number of aliphatic carboxylic acids is 1. The molecule has 5 heteroatoms. The first kappa shape index (κ1) is 13.8. The van der Waals surface area contributed by atoms with Crippen molar-refractivity contribution in [3.8, 4) is 0 Å². The molecule has 23 heavy (non-hydrogen) atoms. The van der Waals surface area contributed by atoms with Crippen LogP contribution in [0.25, 0.3) is 11.1 Å². The number of fused-ring (bicyclic) bond motifs is 2. The first-order valence-electron chi connectivity index (χ1n) is 7.62. The molecule has 2 aromatic carbocycles. The molecule has 1 atom stereocenters. The monoisotopic (exact) mass is 308 g/mol. The average Bonchev–Trinajstić information content (AvgIpc) is 3.16. The third-order valence-corrected chi connectivity index (χ3v) is 4.39. The van der Waals surface area contributed by atoms with Crippen LogP contribution in [0.4, 0.5) is 11.7 Å². The number of para-hydroxylation sites is 1. The summed E-state index contributed by atoms with van der Waals surface area (Å²) in [7, 11) is 0. The van der Waals surface area contributed by atoms with E-state index < -0.39 is 11.9 Å². The minimum Gasteiger partial charge on any atom is -0.481 e. The third-order valence-electron chi connectivity index (χ3n) is 4.39. The summed E-state index contributed by atoms with van der Waals surface area (Å²) in [6.07, 6.45) is 0.968. The van der Waals surface area contributed by atoms with E-state index in [0.29, 0.717) is 11.6 Å². The Labute approximate surface area is 133 Å². The van der Waals surface area contributed by atoms with Crippen LogP contribution >= 0.6 is 0 Å². The molecule has 0 aliphatic carbocycles. The van der Waals surface area contributed by atoms with Crippen LogP contribution in [0.3, 0.4) is 0 Å². The molecule has 0 bridgehead atoms. The molecule has 3 aromatic rings. The molecule has 0 spiro atoms. The molecule has 1 aromatic heterocycles. The standard InChI is InChI=1S/C18H16N2O3/c1-11(17(21)22)13-6-7-14-16(10-13)23-18(19-14)20-9-8-12-4-2-3-5-15(12)20/h2-7,10-11H,8-9H2,1H3,(H,21,22). The zero-order valence-corrected chi connectivity index (χ0v) is 12.7. The number of rotatable bonds is 3. The molecule has 0 saturated carbocycles. The van der Waals surface area contributed by atoms with E-state index in [2.05, 4.69) is 22.0 Å². The summed E-state index contributed by atoms with van der Waals surface area (Å²) < 4.78 is 5.90. The molecular formula is C18H16N2O3. The second kappa shape index (κ2) is 5.12. The molecule has 5 nitrogen and oxygen atoms in total. The predicted molar refractivity (Wildman–Crippen MR) is 87.2 cm³/mol. The highest BCUT2D eigenvalue weighted by Gasteiger charge is 2.24. The summed E-state index contributed by atoms with van der Waals surface area (Å²) in [5.41, 5.74) is 4.49. The van der Waals surface area contributed by atoms with Crippen LogP contribution in [0.5, 0.6) is 0 Å². The molecule has 0 fully saturated rings. The maximum absolute atomic E-state index is 11.1. The third kappa shape index (κ3) is 2.25. The summed E-state index contributed by atoms with van der Waals surface area (Å²) in [5, 5.41) is 9.14. The molecular weight excluding hydrogens is 292 g/mol. The van der Waals surface area contributed by atoms with Gasteiger partial charge in [-0.2, -0.15) is 4.98 Å². The van der Waals surface area contributed by atoms with Crippen molar-refractivity contribution in [3.05, 3.63) is 53.6 Å². The smallest absolute Gasteiger partial charge is 0.310 e. The Morgan fingerprint density at radius 2 is 2.13 bits per heavy atom. The van der Waals surface area contributed by atoms with Gasteiger partial charge in [-0.15, -0.1) is 0 Å². The Kier molecular flexibility index (Phi) is 3.08. The highest BCUT2D eigenvalue weighted by atomic mass is 16.4. The number of hydrogen-bond acceptors (Lipinski definition) is 4. The van der Waals surface area contributed by atoms with Gasteiger partial charge in [0.15, 0.2) is 5.58 Å². The summed E-state index contributed by atoms with van der Waals surface area (Å²) >= 11 is 0. The summed E-state index contributed by atoms with van der Waals surface area (Å²) in [5.74, 6) is -1.42. The zero-order chi connectivity index (χ0) is 16.0. The second-order valence-corrected chi connectivity index (χ2v) is 5.81. The van der Waals surface area contributed by atoms with Crippen molar-refractivity contribution in [1.29, 1.82) is 0 Å². The van der Waals surface area contributed by atoms with Crippen molar-refractivity contribution < 1.29 is 14.3 Å². The molecule has 4 rings (SSSR count). The van der Waals surface area contributed by atoms with Gasteiger partial charge in [-0.1, -0.05) is 24.3 Å². The van der Waals surface area contributed by atoms with E-state index in [1.165, 1.54) is 5.56 Å². The van der Waals surface area contributed by atoms with Gasteiger partial charge < -0.3 is 9.52 Å². The molecule has 1 aliphatic heterocycles. The average molecular weight is 308 g/mol. The number of carboxylic acid groups (broad SMARTS) is 1.